The van der Waals surface area contributed by atoms with Gasteiger partial charge in [0.15, 0.2) is 0 Å². The predicted octanol–water partition coefficient (Wildman–Crippen LogP) is 5.85. The van der Waals surface area contributed by atoms with Crippen molar-refractivity contribution in [3.05, 3.63) is 131 Å². The van der Waals surface area contributed by atoms with Gasteiger partial charge in [-0.05, 0) is 53.1 Å². The van der Waals surface area contributed by atoms with Crippen molar-refractivity contribution in [2.24, 2.45) is 10.2 Å². The molecule has 4 aromatic rings. The van der Waals surface area contributed by atoms with Gasteiger partial charge in [-0.2, -0.15) is 10.2 Å². The number of carbonyl (C=O) groups is 1. The summed E-state index contributed by atoms with van der Waals surface area (Å²) in [5.41, 5.74) is 8.16. The highest BCUT2D eigenvalue weighted by Crippen LogP contribution is 2.37. The maximum absolute atomic E-state index is 12.1. The van der Waals surface area contributed by atoms with Crippen LogP contribution in [0.2, 0.25) is 5.02 Å². The number of carbonyl (C=O) groups excluding carboxylic acids is 1. The lowest BCUT2D eigenvalue weighted by Gasteiger charge is -2.24. The third-order valence-electron chi connectivity index (χ3n) is 5.75. The van der Waals surface area contributed by atoms with Crippen LogP contribution < -0.4 is 10.4 Å². The van der Waals surface area contributed by atoms with Crippen LogP contribution in [0, 0.1) is 0 Å². The van der Waals surface area contributed by atoms with Gasteiger partial charge in [-0.1, -0.05) is 66.2 Å². The minimum absolute atomic E-state index is 0.0571. The van der Waals surface area contributed by atoms with Crippen molar-refractivity contribution in [1.82, 2.24) is 10.4 Å². The second-order valence-electron chi connectivity index (χ2n) is 8.06. The molecule has 0 radical (unpaired) electrons. The lowest BCUT2D eigenvalue weighted by Crippen LogP contribution is -2.18. The standard InChI is InChI=1S/C28H22ClN5O/c29-24-10-8-22(9-11-24)27-18-26(21-4-2-1-3-5-21)33-34(27)25-12-6-20(7-13-25)19-31-32-28(35)23-14-16-30-17-15-23/h1-17,19,27H,18H2,(H,32,35)/b31-19-. The zero-order valence-electron chi connectivity index (χ0n) is 18.8. The zero-order valence-corrected chi connectivity index (χ0v) is 19.5. The molecule has 1 unspecified atom stereocenters. The number of aromatic nitrogens is 1. The number of benzene rings is 3. The number of anilines is 1. The van der Waals surface area contributed by atoms with Crippen LogP contribution in [-0.2, 0) is 0 Å². The average Bonchev–Trinajstić information content (AvgIpc) is 3.36. The summed E-state index contributed by atoms with van der Waals surface area (Å²) < 4.78 is 0. The number of hydrazone groups is 2. The smallest absolute Gasteiger partial charge is 0.267 e. The Hall–Kier alpha value is -4.29. The van der Waals surface area contributed by atoms with Gasteiger partial charge >= 0.3 is 0 Å². The number of nitrogens with zero attached hydrogens (tertiary/aromatic N) is 4. The monoisotopic (exact) mass is 479 g/mol. The highest BCUT2D eigenvalue weighted by Gasteiger charge is 2.29. The fourth-order valence-corrected chi connectivity index (χ4v) is 4.07. The number of nitrogens with one attached hydrogen (secondary N) is 1. The molecule has 0 bridgehead atoms. The van der Waals surface area contributed by atoms with E-state index in [0.29, 0.717) is 10.6 Å². The Labute approximate surface area is 208 Å². The molecular formula is C28H22ClN5O. The van der Waals surface area contributed by atoms with Crippen molar-refractivity contribution in [3.63, 3.8) is 0 Å². The van der Waals surface area contributed by atoms with Crippen molar-refractivity contribution in [2.75, 3.05) is 5.01 Å². The molecule has 3 aromatic carbocycles. The summed E-state index contributed by atoms with van der Waals surface area (Å²) in [5, 5.41) is 11.8. The van der Waals surface area contributed by atoms with Gasteiger partial charge in [0, 0.05) is 29.4 Å². The molecular weight excluding hydrogens is 458 g/mol. The van der Waals surface area contributed by atoms with Crippen LogP contribution in [0.4, 0.5) is 5.69 Å². The van der Waals surface area contributed by atoms with Gasteiger partial charge in [0.2, 0.25) is 0 Å². The molecule has 1 aromatic heterocycles. The van der Waals surface area contributed by atoms with Crippen molar-refractivity contribution in [3.8, 4) is 0 Å². The second-order valence-corrected chi connectivity index (χ2v) is 8.49. The first-order chi connectivity index (χ1) is 17.2. The first-order valence-electron chi connectivity index (χ1n) is 11.2. The molecule has 172 valence electrons. The van der Waals surface area contributed by atoms with Gasteiger partial charge < -0.3 is 0 Å². The highest BCUT2D eigenvalue weighted by atomic mass is 35.5. The molecule has 5 rings (SSSR count). The Kier molecular flexibility index (Phi) is 6.63. The summed E-state index contributed by atoms with van der Waals surface area (Å²) in [5.74, 6) is -0.286. The summed E-state index contributed by atoms with van der Waals surface area (Å²) >= 11 is 6.13. The Morgan fingerprint density at radius 3 is 2.37 bits per heavy atom. The van der Waals surface area contributed by atoms with Crippen molar-refractivity contribution in [2.45, 2.75) is 12.5 Å². The molecule has 0 aliphatic carbocycles. The van der Waals surface area contributed by atoms with Crippen LogP contribution in [0.1, 0.15) is 39.5 Å². The Balaban J connectivity index is 1.35. The zero-order chi connectivity index (χ0) is 24.0. The molecule has 6 nitrogen and oxygen atoms in total. The van der Waals surface area contributed by atoms with E-state index in [-0.39, 0.29) is 11.9 Å². The molecule has 1 aliphatic heterocycles. The first kappa shape index (κ1) is 22.5. The van der Waals surface area contributed by atoms with Crippen molar-refractivity contribution >= 4 is 35.1 Å². The van der Waals surface area contributed by atoms with E-state index in [0.717, 1.165) is 34.5 Å². The van der Waals surface area contributed by atoms with Gasteiger partial charge in [0.1, 0.15) is 0 Å². The van der Waals surface area contributed by atoms with E-state index in [9.17, 15) is 4.79 Å². The van der Waals surface area contributed by atoms with Crippen LogP contribution in [0.25, 0.3) is 0 Å². The Morgan fingerprint density at radius 2 is 1.66 bits per heavy atom. The van der Waals surface area contributed by atoms with Gasteiger partial charge in [-0.15, -0.1) is 0 Å². The normalized spacial score (nSPS) is 15.3. The lowest BCUT2D eigenvalue weighted by molar-refractivity contribution is 0.0955. The topological polar surface area (TPSA) is 70.0 Å². The Bertz CT molecular complexity index is 1350. The number of pyridine rings is 1. The summed E-state index contributed by atoms with van der Waals surface area (Å²) in [6.07, 6.45) is 5.54. The molecule has 1 N–H and O–H groups in total. The average molecular weight is 480 g/mol. The quantitative estimate of drug-likeness (QED) is 0.278. The third kappa shape index (κ3) is 5.28. The van der Waals surface area contributed by atoms with Crippen LogP contribution >= 0.6 is 11.6 Å². The number of amides is 1. The predicted molar refractivity (Wildman–Crippen MR) is 140 cm³/mol. The minimum atomic E-state index is -0.286. The molecule has 1 atom stereocenters. The second kappa shape index (κ2) is 10.3. The SMILES string of the molecule is O=C(N/N=C\c1ccc(N2N=C(c3ccccc3)CC2c2ccc(Cl)cc2)cc1)c1ccncc1. The maximum atomic E-state index is 12.1. The van der Waals surface area contributed by atoms with Crippen LogP contribution in [-0.4, -0.2) is 22.8 Å². The fraction of sp³-hybridized carbons (Fsp3) is 0.0714. The van der Waals surface area contributed by atoms with E-state index in [1.54, 1.807) is 30.7 Å². The third-order valence-corrected chi connectivity index (χ3v) is 6.00. The van der Waals surface area contributed by atoms with Crippen LogP contribution in [0.15, 0.2) is 114 Å². The van der Waals surface area contributed by atoms with E-state index in [4.69, 9.17) is 16.7 Å². The molecule has 0 saturated carbocycles. The summed E-state index contributed by atoms with van der Waals surface area (Å²) in [4.78, 5) is 16.0. The number of rotatable bonds is 6. The lowest BCUT2D eigenvalue weighted by atomic mass is 9.98. The molecule has 0 fully saturated rings. The maximum Gasteiger partial charge on any atom is 0.271 e. The first-order valence-corrected chi connectivity index (χ1v) is 11.6. The van der Waals surface area contributed by atoms with Crippen LogP contribution in [0.5, 0.6) is 0 Å². The van der Waals surface area contributed by atoms with Gasteiger partial charge in [0.25, 0.3) is 5.91 Å². The molecule has 1 aliphatic rings. The van der Waals surface area contributed by atoms with E-state index >= 15 is 0 Å². The number of halogens is 1. The van der Waals surface area contributed by atoms with Crippen LogP contribution in [0.3, 0.4) is 0 Å². The summed E-state index contributed by atoms with van der Waals surface area (Å²) in [6.45, 7) is 0. The molecule has 35 heavy (non-hydrogen) atoms. The van der Waals surface area contributed by atoms with E-state index in [1.807, 2.05) is 54.6 Å². The van der Waals surface area contributed by atoms with Crippen molar-refractivity contribution in [1.29, 1.82) is 0 Å². The summed E-state index contributed by atoms with van der Waals surface area (Å²) in [7, 11) is 0. The largest absolute Gasteiger partial charge is 0.271 e. The number of hydrogen-bond donors (Lipinski definition) is 1. The van der Waals surface area contributed by atoms with Crippen molar-refractivity contribution < 1.29 is 4.79 Å². The molecule has 0 saturated heterocycles. The molecule has 1 amide bonds. The fourth-order valence-electron chi connectivity index (χ4n) is 3.94. The van der Waals surface area contributed by atoms with E-state index in [1.165, 1.54) is 0 Å². The minimum Gasteiger partial charge on any atom is -0.267 e. The Morgan fingerprint density at radius 1 is 0.943 bits per heavy atom. The van der Waals surface area contributed by atoms with E-state index in [2.05, 4.69) is 44.8 Å². The molecule has 0 spiro atoms. The van der Waals surface area contributed by atoms with Gasteiger partial charge in [-0.25, -0.2) is 5.43 Å². The van der Waals surface area contributed by atoms with E-state index < -0.39 is 0 Å². The molecule has 2 heterocycles. The molecule has 7 heteroatoms. The summed E-state index contributed by atoms with van der Waals surface area (Å²) in [6, 6.07) is 29.4. The highest BCUT2D eigenvalue weighted by molar-refractivity contribution is 6.30. The van der Waals surface area contributed by atoms with Gasteiger partial charge in [0.05, 0.1) is 23.7 Å². The number of hydrogen-bond acceptors (Lipinski definition) is 5. The van der Waals surface area contributed by atoms with Gasteiger partial charge in [-0.3, -0.25) is 14.8 Å².